The van der Waals surface area contributed by atoms with Gasteiger partial charge in [0.2, 0.25) is 0 Å². The van der Waals surface area contributed by atoms with E-state index in [4.69, 9.17) is 0 Å². The number of β-amino-alcohol motifs (C(OH)–C–C–N with tert-alkyl or cyclic N) is 1. The van der Waals surface area contributed by atoms with Crippen molar-refractivity contribution < 1.29 is 13.9 Å². The lowest BCUT2D eigenvalue weighted by Gasteiger charge is -2.32. The molecule has 3 rings (SSSR count). The van der Waals surface area contributed by atoms with Crippen LogP contribution in [0.4, 0.5) is 8.78 Å². The molecular formula is C16H20F2N4O. The standard InChI is InChI=1S/C16H20F2N4O/c1-10-19-16(21-20-10)11-4-3-7-22(8-11)9-14(23)15-12(17)5-2-6-13(15)18/h2,5-6,11,14,23H,3-4,7-9H2,1H3,(H,19,20,21). The quantitative estimate of drug-likeness (QED) is 0.906. The molecule has 1 saturated heterocycles. The van der Waals surface area contributed by atoms with E-state index in [0.717, 1.165) is 43.2 Å². The van der Waals surface area contributed by atoms with Gasteiger partial charge in [-0.3, -0.25) is 10.00 Å². The van der Waals surface area contributed by atoms with Gasteiger partial charge in [-0.15, -0.1) is 0 Å². The Morgan fingerprint density at radius 3 is 2.78 bits per heavy atom. The molecule has 7 heteroatoms. The average Bonchev–Trinajstić information content (AvgIpc) is 2.94. The van der Waals surface area contributed by atoms with Crippen molar-refractivity contribution in [2.45, 2.75) is 31.8 Å². The molecule has 2 atom stereocenters. The van der Waals surface area contributed by atoms with Crippen molar-refractivity contribution in [3.05, 3.63) is 47.0 Å². The Kier molecular flexibility index (Phi) is 4.68. The van der Waals surface area contributed by atoms with Gasteiger partial charge in [-0.1, -0.05) is 6.07 Å². The van der Waals surface area contributed by atoms with Gasteiger partial charge in [0, 0.05) is 19.0 Å². The second-order valence-corrected chi connectivity index (χ2v) is 6.03. The van der Waals surface area contributed by atoms with E-state index in [1.54, 1.807) is 0 Å². The predicted molar refractivity (Wildman–Crippen MR) is 80.9 cm³/mol. The third-order valence-electron chi connectivity index (χ3n) is 4.25. The molecule has 5 nitrogen and oxygen atoms in total. The Morgan fingerprint density at radius 2 is 2.13 bits per heavy atom. The highest BCUT2D eigenvalue weighted by atomic mass is 19.1. The van der Waals surface area contributed by atoms with E-state index in [1.807, 2.05) is 11.8 Å². The van der Waals surface area contributed by atoms with Crippen molar-refractivity contribution in [3.8, 4) is 0 Å². The third kappa shape index (κ3) is 3.56. The van der Waals surface area contributed by atoms with Gasteiger partial charge in [0.15, 0.2) is 5.82 Å². The number of piperidine rings is 1. The molecule has 1 aromatic heterocycles. The molecule has 1 aliphatic rings. The topological polar surface area (TPSA) is 65.0 Å². The maximum absolute atomic E-state index is 13.8. The molecule has 2 heterocycles. The fraction of sp³-hybridized carbons (Fsp3) is 0.500. The number of halogens is 2. The highest BCUT2D eigenvalue weighted by molar-refractivity contribution is 5.22. The van der Waals surface area contributed by atoms with Gasteiger partial charge in [-0.05, 0) is 38.4 Å². The number of benzene rings is 1. The number of aromatic amines is 1. The highest BCUT2D eigenvalue weighted by Crippen LogP contribution is 2.27. The molecule has 0 saturated carbocycles. The largest absolute Gasteiger partial charge is 0.387 e. The van der Waals surface area contributed by atoms with E-state index < -0.39 is 17.7 Å². The third-order valence-corrected chi connectivity index (χ3v) is 4.25. The first-order valence-corrected chi connectivity index (χ1v) is 7.78. The second-order valence-electron chi connectivity index (χ2n) is 6.03. The average molecular weight is 322 g/mol. The summed E-state index contributed by atoms with van der Waals surface area (Å²) in [5, 5.41) is 17.3. The van der Waals surface area contributed by atoms with E-state index in [-0.39, 0.29) is 18.0 Å². The van der Waals surface area contributed by atoms with Crippen molar-refractivity contribution >= 4 is 0 Å². The van der Waals surface area contributed by atoms with Crippen LogP contribution in [0.2, 0.25) is 0 Å². The number of aliphatic hydroxyl groups excluding tert-OH is 1. The molecule has 1 fully saturated rings. The predicted octanol–water partition coefficient (Wildman–Crippen LogP) is 2.30. The van der Waals surface area contributed by atoms with Gasteiger partial charge >= 0.3 is 0 Å². The molecule has 1 aliphatic heterocycles. The summed E-state index contributed by atoms with van der Waals surface area (Å²) in [6.45, 7) is 3.50. The van der Waals surface area contributed by atoms with Crippen molar-refractivity contribution in [1.29, 1.82) is 0 Å². The van der Waals surface area contributed by atoms with Gasteiger partial charge in [-0.25, -0.2) is 13.8 Å². The first-order chi connectivity index (χ1) is 11.0. The fourth-order valence-electron chi connectivity index (χ4n) is 3.14. The summed E-state index contributed by atoms with van der Waals surface area (Å²) in [6.07, 6.45) is 0.715. The summed E-state index contributed by atoms with van der Waals surface area (Å²) in [4.78, 5) is 6.37. The van der Waals surface area contributed by atoms with Crippen molar-refractivity contribution in [3.63, 3.8) is 0 Å². The van der Waals surface area contributed by atoms with E-state index in [2.05, 4.69) is 15.2 Å². The summed E-state index contributed by atoms with van der Waals surface area (Å²) in [5.74, 6) is 0.280. The minimum Gasteiger partial charge on any atom is -0.387 e. The summed E-state index contributed by atoms with van der Waals surface area (Å²) >= 11 is 0. The van der Waals surface area contributed by atoms with Crippen LogP contribution >= 0.6 is 0 Å². The molecule has 0 bridgehead atoms. The number of nitrogens with one attached hydrogen (secondary N) is 1. The Balaban J connectivity index is 1.68. The van der Waals surface area contributed by atoms with Crippen LogP contribution in [0.15, 0.2) is 18.2 Å². The summed E-state index contributed by atoms with van der Waals surface area (Å²) in [6, 6.07) is 3.62. The van der Waals surface area contributed by atoms with Crippen LogP contribution in [-0.4, -0.2) is 44.8 Å². The smallest absolute Gasteiger partial charge is 0.155 e. The molecule has 23 heavy (non-hydrogen) atoms. The van der Waals surface area contributed by atoms with Crippen LogP contribution in [-0.2, 0) is 0 Å². The van der Waals surface area contributed by atoms with Crippen LogP contribution < -0.4 is 0 Å². The second kappa shape index (κ2) is 6.72. The lowest BCUT2D eigenvalue weighted by atomic mass is 9.96. The maximum Gasteiger partial charge on any atom is 0.155 e. The summed E-state index contributed by atoms with van der Waals surface area (Å²) in [5.41, 5.74) is -0.261. The number of aryl methyl sites for hydroxylation is 1. The van der Waals surface area contributed by atoms with Crippen molar-refractivity contribution in [2.24, 2.45) is 0 Å². The Hall–Kier alpha value is -1.86. The van der Waals surface area contributed by atoms with Gasteiger partial charge in [0.1, 0.15) is 17.5 Å². The lowest BCUT2D eigenvalue weighted by Crippen LogP contribution is -2.37. The molecule has 2 aromatic rings. The lowest BCUT2D eigenvalue weighted by molar-refractivity contribution is 0.0895. The summed E-state index contributed by atoms with van der Waals surface area (Å²) in [7, 11) is 0. The SMILES string of the molecule is Cc1nc(C2CCCN(CC(O)c3c(F)cccc3F)C2)n[nH]1. The van der Waals surface area contributed by atoms with Crippen molar-refractivity contribution in [1.82, 2.24) is 20.1 Å². The molecular weight excluding hydrogens is 302 g/mol. The molecule has 0 radical (unpaired) electrons. The van der Waals surface area contributed by atoms with E-state index in [9.17, 15) is 13.9 Å². The monoisotopic (exact) mass is 322 g/mol. The van der Waals surface area contributed by atoms with Crippen LogP contribution in [0.1, 0.15) is 42.1 Å². The zero-order valence-corrected chi connectivity index (χ0v) is 13.0. The van der Waals surface area contributed by atoms with E-state index >= 15 is 0 Å². The van der Waals surface area contributed by atoms with Crippen LogP contribution in [0.25, 0.3) is 0 Å². The Labute approximate surface area is 133 Å². The van der Waals surface area contributed by atoms with E-state index in [1.165, 1.54) is 6.07 Å². The van der Waals surface area contributed by atoms with Crippen LogP contribution in [0, 0.1) is 18.6 Å². The molecule has 2 N–H and O–H groups in total. The number of aliphatic hydroxyl groups is 1. The number of aromatic nitrogens is 3. The van der Waals surface area contributed by atoms with Gasteiger partial charge in [-0.2, -0.15) is 5.10 Å². The van der Waals surface area contributed by atoms with Gasteiger partial charge < -0.3 is 5.11 Å². The fourth-order valence-corrected chi connectivity index (χ4v) is 3.14. The zero-order valence-electron chi connectivity index (χ0n) is 13.0. The summed E-state index contributed by atoms with van der Waals surface area (Å²) < 4.78 is 27.5. The Morgan fingerprint density at radius 1 is 1.39 bits per heavy atom. The number of hydrogen-bond donors (Lipinski definition) is 2. The van der Waals surface area contributed by atoms with Crippen LogP contribution in [0.5, 0.6) is 0 Å². The molecule has 0 spiro atoms. The molecule has 124 valence electrons. The first kappa shape index (κ1) is 16.0. The molecule has 1 aromatic carbocycles. The number of nitrogens with zero attached hydrogens (tertiary/aromatic N) is 3. The minimum atomic E-state index is -1.19. The number of hydrogen-bond acceptors (Lipinski definition) is 4. The first-order valence-electron chi connectivity index (χ1n) is 7.78. The number of rotatable bonds is 4. The van der Waals surface area contributed by atoms with Gasteiger partial charge in [0.25, 0.3) is 0 Å². The highest BCUT2D eigenvalue weighted by Gasteiger charge is 2.27. The number of H-pyrrole nitrogens is 1. The molecule has 0 aliphatic carbocycles. The maximum atomic E-state index is 13.8. The number of likely N-dealkylation sites (tertiary alicyclic amines) is 1. The minimum absolute atomic E-state index is 0.173. The van der Waals surface area contributed by atoms with Crippen molar-refractivity contribution in [2.75, 3.05) is 19.6 Å². The zero-order chi connectivity index (χ0) is 16.4. The van der Waals surface area contributed by atoms with Gasteiger partial charge in [0.05, 0.1) is 11.7 Å². The van der Waals surface area contributed by atoms with E-state index in [0.29, 0.717) is 6.54 Å². The molecule has 0 amide bonds. The normalized spacial score (nSPS) is 20.6. The van der Waals surface area contributed by atoms with Crippen LogP contribution in [0.3, 0.4) is 0 Å². The Bertz CT molecular complexity index is 656. The molecule has 2 unspecified atom stereocenters.